The zero-order valence-electron chi connectivity index (χ0n) is 17.7. The summed E-state index contributed by atoms with van der Waals surface area (Å²) < 4.78 is 0. The first-order valence-electron chi connectivity index (χ1n) is 10.6. The van der Waals surface area contributed by atoms with Crippen LogP contribution in [0.5, 0.6) is 0 Å². The Morgan fingerprint density at radius 2 is 1.93 bits per heavy atom. The van der Waals surface area contributed by atoms with Gasteiger partial charge in [-0.15, -0.1) is 0 Å². The van der Waals surface area contributed by atoms with Crippen LogP contribution >= 0.6 is 0 Å². The van der Waals surface area contributed by atoms with Crippen molar-refractivity contribution in [2.24, 2.45) is 5.92 Å². The van der Waals surface area contributed by atoms with Gasteiger partial charge in [-0.05, 0) is 24.8 Å². The zero-order valence-corrected chi connectivity index (χ0v) is 17.7. The highest BCUT2D eigenvalue weighted by molar-refractivity contribution is 6.00. The molecule has 1 aliphatic carbocycles. The SMILES string of the molecule is CNC(=O)c1cc([N+](=O)[O-])ccc1N1CCN(CC(=O)NC2CCCC(C)C2)CC1. The van der Waals surface area contributed by atoms with E-state index in [0.717, 1.165) is 12.8 Å². The number of non-ortho nitro benzene ring substituents is 1. The number of nitro benzene ring substituents is 1. The standard InChI is InChI=1S/C21H31N5O4/c1-15-4-3-5-16(12-15)23-20(27)14-24-8-10-25(11-9-24)19-7-6-17(26(29)30)13-18(19)21(28)22-2/h6-7,13,15-16H,3-5,8-12,14H2,1-2H3,(H,22,28)(H,23,27). The molecular formula is C21H31N5O4. The first-order valence-corrected chi connectivity index (χ1v) is 10.6. The van der Waals surface area contributed by atoms with E-state index in [9.17, 15) is 19.7 Å². The minimum absolute atomic E-state index is 0.0731. The lowest BCUT2D eigenvalue weighted by Crippen LogP contribution is -2.51. The van der Waals surface area contributed by atoms with E-state index < -0.39 is 4.92 Å². The van der Waals surface area contributed by atoms with Crippen LogP contribution < -0.4 is 15.5 Å². The first kappa shape index (κ1) is 22.0. The van der Waals surface area contributed by atoms with Crippen molar-refractivity contribution in [3.05, 3.63) is 33.9 Å². The van der Waals surface area contributed by atoms with Gasteiger partial charge in [0.25, 0.3) is 11.6 Å². The van der Waals surface area contributed by atoms with E-state index in [1.807, 2.05) is 4.90 Å². The molecule has 2 atom stereocenters. The van der Waals surface area contributed by atoms with Gasteiger partial charge in [0.15, 0.2) is 0 Å². The van der Waals surface area contributed by atoms with Crippen LogP contribution in [0.2, 0.25) is 0 Å². The molecule has 1 saturated carbocycles. The van der Waals surface area contributed by atoms with Gasteiger partial charge in [0, 0.05) is 51.4 Å². The van der Waals surface area contributed by atoms with Crippen LogP contribution in [0.4, 0.5) is 11.4 Å². The van der Waals surface area contributed by atoms with Crippen LogP contribution in [-0.2, 0) is 4.79 Å². The van der Waals surface area contributed by atoms with Gasteiger partial charge < -0.3 is 15.5 Å². The molecule has 30 heavy (non-hydrogen) atoms. The van der Waals surface area contributed by atoms with Gasteiger partial charge >= 0.3 is 0 Å². The summed E-state index contributed by atoms with van der Waals surface area (Å²) in [4.78, 5) is 39.4. The molecule has 0 bridgehead atoms. The Labute approximate surface area is 176 Å². The van der Waals surface area contributed by atoms with E-state index in [1.165, 1.54) is 32.0 Å². The number of piperazine rings is 1. The molecule has 2 aliphatic rings. The molecule has 9 heteroatoms. The van der Waals surface area contributed by atoms with Crippen molar-refractivity contribution in [2.45, 2.75) is 38.6 Å². The molecule has 164 valence electrons. The average Bonchev–Trinajstić information content (AvgIpc) is 2.73. The smallest absolute Gasteiger partial charge is 0.270 e. The summed E-state index contributed by atoms with van der Waals surface area (Å²) in [7, 11) is 1.51. The Morgan fingerprint density at radius 3 is 2.57 bits per heavy atom. The van der Waals surface area contributed by atoms with Crippen molar-refractivity contribution in [1.29, 1.82) is 0 Å². The third-order valence-electron chi connectivity index (χ3n) is 6.04. The highest BCUT2D eigenvalue weighted by Crippen LogP contribution is 2.27. The molecule has 0 radical (unpaired) electrons. The van der Waals surface area contributed by atoms with Crippen molar-refractivity contribution < 1.29 is 14.5 Å². The summed E-state index contributed by atoms with van der Waals surface area (Å²) >= 11 is 0. The quantitative estimate of drug-likeness (QED) is 0.540. The topological polar surface area (TPSA) is 108 Å². The summed E-state index contributed by atoms with van der Waals surface area (Å²) in [5.41, 5.74) is 0.870. The molecule has 1 aromatic carbocycles. The van der Waals surface area contributed by atoms with Gasteiger partial charge in [0.2, 0.25) is 5.91 Å². The highest BCUT2D eigenvalue weighted by Gasteiger charge is 2.25. The number of rotatable bonds is 6. The molecule has 9 nitrogen and oxygen atoms in total. The van der Waals surface area contributed by atoms with Gasteiger partial charge in [-0.25, -0.2) is 0 Å². The molecule has 2 unspecified atom stereocenters. The molecule has 1 heterocycles. The van der Waals surface area contributed by atoms with E-state index in [2.05, 4.69) is 22.5 Å². The molecule has 0 aromatic heterocycles. The van der Waals surface area contributed by atoms with Crippen LogP contribution in [0.15, 0.2) is 18.2 Å². The third-order valence-corrected chi connectivity index (χ3v) is 6.04. The summed E-state index contributed by atoms with van der Waals surface area (Å²) in [6.45, 7) is 5.30. The molecule has 1 saturated heterocycles. The molecule has 3 rings (SSSR count). The average molecular weight is 418 g/mol. The van der Waals surface area contributed by atoms with Gasteiger partial charge in [-0.2, -0.15) is 0 Å². The number of anilines is 1. The van der Waals surface area contributed by atoms with Gasteiger partial charge in [0.1, 0.15) is 0 Å². The maximum absolute atomic E-state index is 12.4. The van der Waals surface area contributed by atoms with Crippen molar-refractivity contribution >= 4 is 23.2 Å². The maximum Gasteiger partial charge on any atom is 0.270 e. The fourth-order valence-corrected chi connectivity index (χ4v) is 4.42. The van der Waals surface area contributed by atoms with Gasteiger partial charge in [-0.3, -0.25) is 24.6 Å². The summed E-state index contributed by atoms with van der Waals surface area (Å²) in [6, 6.07) is 4.67. The fraction of sp³-hybridized carbons (Fsp3) is 0.619. The third kappa shape index (κ3) is 5.47. The highest BCUT2D eigenvalue weighted by atomic mass is 16.6. The van der Waals surface area contributed by atoms with Crippen LogP contribution in [0, 0.1) is 16.0 Å². The number of nitrogens with zero attached hydrogens (tertiary/aromatic N) is 3. The molecule has 1 aliphatic heterocycles. The minimum Gasteiger partial charge on any atom is -0.368 e. The second kappa shape index (κ2) is 9.88. The van der Waals surface area contributed by atoms with Crippen LogP contribution in [-0.4, -0.2) is 67.5 Å². The summed E-state index contributed by atoms with van der Waals surface area (Å²) in [5.74, 6) is 0.393. The first-order chi connectivity index (χ1) is 14.4. The van der Waals surface area contributed by atoms with E-state index in [0.29, 0.717) is 49.9 Å². The molecule has 1 aromatic rings. The van der Waals surface area contributed by atoms with E-state index in [-0.39, 0.29) is 23.5 Å². The second-order valence-electron chi connectivity index (χ2n) is 8.34. The lowest BCUT2D eigenvalue weighted by atomic mass is 9.87. The number of amides is 2. The van der Waals surface area contributed by atoms with Crippen LogP contribution in [0.1, 0.15) is 43.0 Å². The molecule has 2 N–H and O–H groups in total. The fourth-order valence-electron chi connectivity index (χ4n) is 4.42. The zero-order chi connectivity index (χ0) is 21.7. The predicted octanol–water partition coefficient (Wildman–Crippen LogP) is 1.77. The Morgan fingerprint density at radius 1 is 1.20 bits per heavy atom. The summed E-state index contributed by atoms with van der Waals surface area (Å²) in [5, 5.41) is 16.8. The monoisotopic (exact) mass is 417 g/mol. The molecule has 0 spiro atoms. The maximum atomic E-state index is 12.4. The van der Waals surface area contributed by atoms with Crippen LogP contribution in [0.25, 0.3) is 0 Å². The Hall–Kier alpha value is -2.68. The van der Waals surface area contributed by atoms with Gasteiger partial charge in [0.05, 0.1) is 22.7 Å². The van der Waals surface area contributed by atoms with E-state index in [1.54, 1.807) is 6.07 Å². The van der Waals surface area contributed by atoms with E-state index in [4.69, 9.17) is 0 Å². The number of carbonyl (C=O) groups excluding carboxylic acids is 2. The molecule has 2 fully saturated rings. The lowest BCUT2D eigenvalue weighted by molar-refractivity contribution is -0.384. The Bertz CT molecular complexity index is 792. The molecule has 2 amide bonds. The van der Waals surface area contributed by atoms with Gasteiger partial charge in [-0.1, -0.05) is 19.8 Å². The van der Waals surface area contributed by atoms with Crippen LogP contribution in [0.3, 0.4) is 0 Å². The second-order valence-corrected chi connectivity index (χ2v) is 8.34. The number of hydrogen-bond donors (Lipinski definition) is 2. The number of nitrogens with one attached hydrogen (secondary N) is 2. The number of nitro groups is 1. The summed E-state index contributed by atoms with van der Waals surface area (Å²) in [6.07, 6.45) is 4.54. The number of hydrogen-bond acceptors (Lipinski definition) is 6. The predicted molar refractivity (Wildman–Crippen MR) is 115 cm³/mol. The van der Waals surface area contributed by atoms with Crippen molar-refractivity contribution in [3.8, 4) is 0 Å². The number of carbonyl (C=O) groups is 2. The lowest BCUT2D eigenvalue weighted by Gasteiger charge is -2.36. The largest absolute Gasteiger partial charge is 0.368 e. The van der Waals surface area contributed by atoms with Crippen molar-refractivity contribution in [1.82, 2.24) is 15.5 Å². The Kier molecular flexibility index (Phi) is 7.25. The normalized spacial score (nSPS) is 22.4. The van der Waals surface area contributed by atoms with Crippen molar-refractivity contribution in [3.63, 3.8) is 0 Å². The van der Waals surface area contributed by atoms with E-state index >= 15 is 0 Å². The number of benzene rings is 1. The Balaban J connectivity index is 1.56. The van der Waals surface area contributed by atoms with Crippen molar-refractivity contribution in [2.75, 3.05) is 44.7 Å². The molecular weight excluding hydrogens is 386 g/mol. The minimum atomic E-state index is -0.500.